The van der Waals surface area contributed by atoms with E-state index in [1.54, 1.807) is 0 Å². The first-order valence-electron chi connectivity index (χ1n) is 10.0. The van der Waals surface area contributed by atoms with Crippen molar-refractivity contribution in [3.05, 3.63) is 14.9 Å². The predicted molar refractivity (Wildman–Crippen MR) is 123 cm³/mol. The van der Waals surface area contributed by atoms with Crippen LogP contribution in [0.15, 0.2) is 0 Å². The standard InChI is InChI=1S/C10H20.C9H18.C2H6.2CH3.2ClH.V/c1-6-7(2)9(4)10(5)8(6)3;1-6-5-7(2)9(4)8(6)3;1-2;;;;;/h6-10H,1-5H3;6-9H,5H2,1-4H3;1-2H3;2*1H3;2*1H;/q;;;2*-1;;;+2/p-2. The molecule has 163 valence electrons. The van der Waals surface area contributed by atoms with Crippen LogP contribution in [0.25, 0.3) is 0 Å². The summed E-state index contributed by atoms with van der Waals surface area (Å²) in [5.74, 6) is 8.53. The van der Waals surface area contributed by atoms with Gasteiger partial charge in [-0.05, 0) is 59.7 Å². The van der Waals surface area contributed by atoms with E-state index in [0.717, 1.165) is 53.3 Å². The maximum atomic E-state index is 4.86. The normalized spacial score (nSPS) is 40.1. The van der Waals surface area contributed by atoms with Gasteiger partial charge in [-0.3, -0.25) is 0 Å². The summed E-state index contributed by atoms with van der Waals surface area (Å²) in [7, 11) is 9.72. The van der Waals surface area contributed by atoms with Gasteiger partial charge in [0.1, 0.15) is 0 Å². The Labute approximate surface area is 184 Å². The van der Waals surface area contributed by atoms with Crippen LogP contribution in [0, 0.1) is 68.1 Å². The third-order valence-corrected chi connectivity index (χ3v) is 7.51. The molecule has 3 heteroatoms. The molecule has 0 spiro atoms. The predicted octanol–water partition coefficient (Wildman–Crippen LogP) is 9.42. The molecular formula is C23H50Cl2V-2. The second kappa shape index (κ2) is 18.2. The van der Waals surface area contributed by atoms with Gasteiger partial charge in [0.05, 0.1) is 0 Å². The molecule has 0 radical (unpaired) electrons. The van der Waals surface area contributed by atoms with Crippen molar-refractivity contribution < 1.29 is 14.4 Å². The van der Waals surface area contributed by atoms with Gasteiger partial charge < -0.3 is 14.9 Å². The van der Waals surface area contributed by atoms with Gasteiger partial charge in [-0.1, -0.05) is 76.2 Å². The van der Waals surface area contributed by atoms with Crippen LogP contribution >= 0.6 is 19.7 Å². The molecule has 4 unspecified atom stereocenters. The fraction of sp³-hybridized carbons (Fsp3) is 0.913. The molecule has 2 aliphatic carbocycles. The van der Waals surface area contributed by atoms with Crippen molar-refractivity contribution in [3.63, 3.8) is 0 Å². The number of halogens is 2. The fourth-order valence-electron chi connectivity index (χ4n) is 4.45. The third kappa shape index (κ3) is 10.6. The van der Waals surface area contributed by atoms with Crippen molar-refractivity contribution in [3.8, 4) is 0 Å². The van der Waals surface area contributed by atoms with E-state index in [-0.39, 0.29) is 29.2 Å². The molecule has 2 rings (SSSR count). The van der Waals surface area contributed by atoms with Gasteiger partial charge in [-0.15, -0.1) is 0 Å². The van der Waals surface area contributed by atoms with Crippen molar-refractivity contribution in [1.82, 2.24) is 0 Å². The van der Waals surface area contributed by atoms with Gasteiger partial charge in [0.25, 0.3) is 0 Å². The number of rotatable bonds is 0. The molecule has 0 heterocycles. The van der Waals surface area contributed by atoms with Crippen LogP contribution in [-0.4, -0.2) is 0 Å². The minimum atomic E-state index is -0.368. The fourth-order valence-corrected chi connectivity index (χ4v) is 4.45. The average Bonchev–Trinajstić information content (AvgIpc) is 2.88. The Bertz CT molecular complexity index is 241. The van der Waals surface area contributed by atoms with E-state index in [1.807, 2.05) is 13.8 Å². The van der Waals surface area contributed by atoms with E-state index < -0.39 is 0 Å². The van der Waals surface area contributed by atoms with E-state index in [4.69, 9.17) is 19.7 Å². The summed E-state index contributed by atoms with van der Waals surface area (Å²) in [6.07, 6.45) is 1.45. The Morgan fingerprint density at radius 2 is 0.654 bits per heavy atom. The van der Waals surface area contributed by atoms with Crippen molar-refractivity contribution in [1.29, 1.82) is 0 Å². The zero-order valence-electron chi connectivity index (χ0n) is 20.1. The van der Waals surface area contributed by atoms with E-state index in [1.165, 1.54) is 6.42 Å². The molecule has 0 nitrogen and oxygen atoms in total. The molecule has 0 bridgehead atoms. The second-order valence-electron chi connectivity index (χ2n) is 8.27. The van der Waals surface area contributed by atoms with Crippen LogP contribution in [0.2, 0.25) is 0 Å². The number of hydrogen-bond acceptors (Lipinski definition) is 0. The van der Waals surface area contributed by atoms with Crippen molar-refractivity contribution in [2.75, 3.05) is 0 Å². The molecule has 2 fully saturated rings. The summed E-state index contributed by atoms with van der Waals surface area (Å²) < 4.78 is 0. The van der Waals surface area contributed by atoms with Crippen LogP contribution in [0.5, 0.6) is 0 Å². The quantitative estimate of drug-likeness (QED) is 0.324. The Morgan fingerprint density at radius 3 is 0.731 bits per heavy atom. The molecule has 0 aromatic heterocycles. The monoisotopic (exact) mass is 447 g/mol. The van der Waals surface area contributed by atoms with Crippen LogP contribution in [0.1, 0.15) is 82.6 Å². The average molecular weight is 449 g/mol. The molecule has 26 heavy (non-hydrogen) atoms. The molecule has 2 aliphatic rings. The Morgan fingerprint density at radius 1 is 0.500 bits per heavy atom. The van der Waals surface area contributed by atoms with E-state index in [2.05, 4.69) is 62.3 Å². The van der Waals surface area contributed by atoms with Gasteiger partial charge in [0.2, 0.25) is 0 Å². The first kappa shape index (κ1) is 34.7. The molecule has 0 aliphatic heterocycles. The molecule has 0 saturated heterocycles. The zero-order valence-corrected chi connectivity index (χ0v) is 23.0. The maximum absolute atomic E-state index is 4.86. The molecular weight excluding hydrogens is 398 g/mol. The Hall–Kier alpha value is 1.16. The minimum absolute atomic E-state index is 0. The third-order valence-electron chi connectivity index (χ3n) is 7.51. The summed E-state index contributed by atoms with van der Waals surface area (Å²) in [4.78, 5) is 0. The summed E-state index contributed by atoms with van der Waals surface area (Å²) in [6.45, 7) is 25.5. The zero-order chi connectivity index (χ0) is 19.6. The van der Waals surface area contributed by atoms with Crippen molar-refractivity contribution >= 4 is 19.7 Å². The number of hydrogen-bond donors (Lipinski definition) is 0. The van der Waals surface area contributed by atoms with Gasteiger partial charge in [0.15, 0.2) is 0 Å². The molecule has 0 aromatic rings. The van der Waals surface area contributed by atoms with Crippen LogP contribution in [0.4, 0.5) is 0 Å². The summed E-state index contributed by atoms with van der Waals surface area (Å²) >= 11 is -0.368. The molecule has 0 amide bonds. The van der Waals surface area contributed by atoms with Gasteiger partial charge in [-0.25, -0.2) is 0 Å². The summed E-state index contributed by atoms with van der Waals surface area (Å²) in [5.41, 5.74) is 0. The van der Waals surface area contributed by atoms with Crippen LogP contribution < -0.4 is 0 Å². The topological polar surface area (TPSA) is 0 Å². The molecule has 4 atom stereocenters. The summed E-state index contributed by atoms with van der Waals surface area (Å²) in [5, 5.41) is 0. The van der Waals surface area contributed by atoms with Crippen LogP contribution in [-0.2, 0) is 14.4 Å². The Kier molecular flexibility index (Phi) is 24.3. The SMILES string of the molecule is CC.CC1C(C)C(C)C(C)C1C.CC1CC(C)C(C)C1C.[CH3-].[CH3-].[Cl][V][Cl]. The van der Waals surface area contributed by atoms with E-state index in [0.29, 0.717) is 0 Å². The molecule has 0 N–H and O–H groups in total. The Balaban J connectivity index is -0.000000141. The van der Waals surface area contributed by atoms with Gasteiger partial charge >= 0.3 is 34.1 Å². The summed E-state index contributed by atoms with van der Waals surface area (Å²) in [6, 6.07) is 0. The van der Waals surface area contributed by atoms with Gasteiger partial charge in [0, 0.05) is 0 Å². The van der Waals surface area contributed by atoms with Gasteiger partial charge in [-0.2, -0.15) is 0 Å². The van der Waals surface area contributed by atoms with Crippen molar-refractivity contribution in [2.45, 2.75) is 82.6 Å². The first-order valence-corrected chi connectivity index (χ1v) is 13.9. The van der Waals surface area contributed by atoms with E-state index in [9.17, 15) is 0 Å². The van der Waals surface area contributed by atoms with Crippen molar-refractivity contribution in [2.24, 2.45) is 53.3 Å². The first-order chi connectivity index (χ1) is 11.1. The molecule has 0 aromatic carbocycles. The van der Waals surface area contributed by atoms with Crippen LogP contribution in [0.3, 0.4) is 0 Å². The molecule has 2 saturated carbocycles. The van der Waals surface area contributed by atoms with E-state index >= 15 is 0 Å². The second-order valence-corrected chi connectivity index (χ2v) is 10.6.